The Morgan fingerprint density at radius 1 is 0.822 bits per heavy atom. The molecule has 2 aromatic heterocycles. The number of rotatable bonds is 4. The van der Waals surface area contributed by atoms with E-state index in [1.807, 2.05) is 18.3 Å². The van der Waals surface area contributed by atoms with Crippen LogP contribution in [0.4, 0.5) is 0 Å². The van der Waals surface area contributed by atoms with Crippen molar-refractivity contribution in [3.8, 4) is 28.4 Å². The highest BCUT2D eigenvalue weighted by Crippen LogP contribution is 2.48. The van der Waals surface area contributed by atoms with E-state index in [0.717, 1.165) is 63.8 Å². The van der Waals surface area contributed by atoms with Crippen LogP contribution >= 0.6 is 0 Å². The Morgan fingerprint density at radius 3 is 2.51 bits per heavy atom. The van der Waals surface area contributed by atoms with E-state index in [0.29, 0.717) is 0 Å². The lowest BCUT2D eigenvalue weighted by Crippen LogP contribution is -2.27. The third-order valence-corrected chi connectivity index (χ3v) is 10.1. The van der Waals surface area contributed by atoms with E-state index in [2.05, 4.69) is 105 Å². The topological polar surface area (TPSA) is 48.6 Å². The molecule has 0 unspecified atom stereocenters. The molecule has 4 aromatic carbocycles. The van der Waals surface area contributed by atoms with Crippen molar-refractivity contribution in [2.45, 2.75) is 64.5 Å². The standard InChI is InChI=1S/C40H35N3O2/c1-23-16-30-29-18-24(2)36(22-34(29)43-37(30)32(17-23)40(3,4)31-12-9-15-41-38(31)43)44-28-20-26(25-10-6-5-7-11-25)19-27(21-28)39-42-33-13-8-14-35(33)45-39/h5-7,9-12,15-22,33,35H,8,13-14H2,1-4H3/t33-,35+/m1/s1. The number of fused-ring (bicyclic) bond motifs is 6. The molecule has 3 aliphatic rings. The number of nitrogens with zero attached hydrogens (tertiary/aromatic N) is 3. The minimum absolute atomic E-state index is 0.162. The number of hydrogen-bond donors (Lipinski definition) is 0. The second kappa shape index (κ2) is 9.55. The zero-order chi connectivity index (χ0) is 30.4. The molecule has 2 aliphatic heterocycles. The zero-order valence-corrected chi connectivity index (χ0v) is 26.1. The molecule has 5 heteroatoms. The van der Waals surface area contributed by atoms with Crippen molar-refractivity contribution < 1.29 is 9.47 Å². The Balaban J connectivity index is 1.22. The van der Waals surface area contributed by atoms with Crippen molar-refractivity contribution in [1.29, 1.82) is 0 Å². The maximum atomic E-state index is 6.83. The second-order valence-electron chi connectivity index (χ2n) is 13.5. The lowest BCUT2D eigenvalue weighted by molar-refractivity contribution is 0.211. The van der Waals surface area contributed by atoms with Gasteiger partial charge in [-0.05, 0) is 91.8 Å². The van der Waals surface area contributed by atoms with Crippen LogP contribution in [-0.4, -0.2) is 27.6 Å². The van der Waals surface area contributed by atoms with Crippen LogP contribution < -0.4 is 4.74 Å². The Bertz CT molecular complexity index is 2210. The zero-order valence-electron chi connectivity index (χ0n) is 26.1. The summed E-state index contributed by atoms with van der Waals surface area (Å²) in [6.07, 6.45) is 5.45. The fraction of sp³-hybridized carbons (Fsp3) is 0.250. The summed E-state index contributed by atoms with van der Waals surface area (Å²) in [5.74, 6) is 3.31. The third-order valence-electron chi connectivity index (χ3n) is 10.1. The Kier molecular flexibility index (Phi) is 5.62. The van der Waals surface area contributed by atoms with Gasteiger partial charge in [0.25, 0.3) is 0 Å². The number of pyridine rings is 1. The molecule has 0 N–H and O–H groups in total. The van der Waals surface area contributed by atoms with Gasteiger partial charge in [0, 0.05) is 39.6 Å². The minimum Gasteiger partial charge on any atom is -0.472 e. The van der Waals surface area contributed by atoms with E-state index in [4.69, 9.17) is 19.5 Å². The van der Waals surface area contributed by atoms with Crippen molar-refractivity contribution in [2.75, 3.05) is 0 Å². The van der Waals surface area contributed by atoms with Gasteiger partial charge in [-0.15, -0.1) is 0 Å². The molecule has 222 valence electrons. The van der Waals surface area contributed by atoms with Crippen LogP contribution in [0.15, 0.2) is 96.1 Å². The Morgan fingerprint density at radius 2 is 1.67 bits per heavy atom. The summed E-state index contributed by atoms with van der Waals surface area (Å²) in [5, 5.41) is 2.47. The molecule has 0 amide bonds. The predicted octanol–water partition coefficient (Wildman–Crippen LogP) is 9.59. The van der Waals surface area contributed by atoms with E-state index in [1.54, 1.807) is 0 Å². The Labute approximate surface area is 263 Å². The number of aliphatic imine (C=N–C) groups is 1. The summed E-state index contributed by atoms with van der Waals surface area (Å²) >= 11 is 0. The van der Waals surface area contributed by atoms with Crippen molar-refractivity contribution in [1.82, 2.24) is 9.55 Å². The average Bonchev–Trinajstić information content (AvgIpc) is 3.74. The summed E-state index contributed by atoms with van der Waals surface area (Å²) in [5.41, 5.74) is 10.3. The number of aromatic nitrogens is 2. The largest absolute Gasteiger partial charge is 0.472 e. The Hall–Kier alpha value is -4.90. The monoisotopic (exact) mass is 589 g/mol. The van der Waals surface area contributed by atoms with E-state index >= 15 is 0 Å². The highest BCUT2D eigenvalue weighted by atomic mass is 16.5. The fourth-order valence-corrected chi connectivity index (χ4v) is 7.80. The third kappa shape index (κ3) is 3.99. The normalized spacial score (nSPS) is 19.3. The number of aryl methyl sites for hydroxylation is 2. The van der Waals surface area contributed by atoms with Crippen molar-refractivity contribution >= 4 is 27.7 Å². The summed E-state index contributed by atoms with van der Waals surface area (Å²) in [4.78, 5) is 9.93. The summed E-state index contributed by atoms with van der Waals surface area (Å²) < 4.78 is 15.5. The van der Waals surface area contributed by atoms with Gasteiger partial charge < -0.3 is 9.47 Å². The molecule has 5 nitrogen and oxygen atoms in total. The van der Waals surface area contributed by atoms with E-state index in [1.165, 1.54) is 39.4 Å². The van der Waals surface area contributed by atoms with Crippen molar-refractivity contribution in [3.63, 3.8) is 0 Å². The molecule has 45 heavy (non-hydrogen) atoms. The van der Waals surface area contributed by atoms with Gasteiger partial charge in [0.15, 0.2) is 0 Å². The van der Waals surface area contributed by atoms with Crippen LogP contribution in [0.25, 0.3) is 38.8 Å². The lowest BCUT2D eigenvalue weighted by Gasteiger charge is -2.34. The first-order valence-electron chi connectivity index (χ1n) is 16.0. The molecule has 1 aliphatic carbocycles. The van der Waals surface area contributed by atoms with Gasteiger partial charge in [0.2, 0.25) is 5.90 Å². The fourth-order valence-electron chi connectivity index (χ4n) is 7.80. The quantitative estimate of drug-likeness (QED) is 0.206. The maximum absolute atomic E-state index is 6.83. The van der Waals surface area contributed by atoms with Crippen LogP contribution in [-0.2, 0) is 10.2 Å². The van der Waals surface area contributed by atoms with Gasteiger partial charge in [0.1, 0.15) is 23.4 Å². The van der Waals surface area contributed by atoms with Crippen molar-refractivity contribution in [3.05, 3.63) is 119 Å². The van der Waals surface area contributed by atoms with Gasteiger partial charge in [-0.25, -0.2) is 9.98 Å². The van der Waals surface area contributed by atoms with Crippen molar-refractivity contribution in [2.24, 2.45) is 4.99 Å². The number of hydrogen-bond acceptors (Lipinski definition) is 4. The predicted molar refractivity (Wildman–Crippen MR) is 181 cm³/mol. The molecule has 4 heterocycles. The van der Waals surface area contributed by atoms with E-state index in [9.17, 15) is 0 Å². The summed E-state index contributed by atoms with van der Waals surface area (Å²) in [6.45, 7) is 8.95. The molecular formula is C40H35N3O2. The molecular weight excluding hydrogens is 554 g/mol. The highest BCUT2D eigenvalue weighted by Gasteiger charge is 2.37. The molecule has 9 rings (SSSR count). The van der Waals surface area contributed by atoms with Crippen LogP contribution in [0.3, 0.4) is 0 Å². The first kappa shape index (κ1) is 26.5. The maximum Gasteiger partial charge on any atom is 0.216 e. The molecule has 0 saturated heterocycles. The van der Waals surface area contributed by atoms with Gasteiger partial charge in [0.05, 0.1) is 17.1 Å². The van der Waals surface area contributed by atoms with Crippen LogP contribution in [0.2, 0.25) is 0 Å². The molecule has 0 bridgehead atoms. The molecule has 1 fully saturated rings. The first-order chi connectivity index (χ1) is 21.8. The van der Waals surface area contributed by atoms with Gasteiger partial charge in [-0.1, -0.05) is 61.9 Å². The first-order valence-corrected chi connectivity index (χ1v) is 16.0. The summed E-state index contributed by atoms with van der Waals surface area (Å²) in [7, 11) is 0. The minimum atomic E-state index is -0.162. The number of ether oxygens (including phenoxy) is 2. The summed E-state index contributed by atoms with van der Waals surface area (Å²) in [6, 6.07) is 30.5. The molecule has 0 spiro atoms. The molecule has 1 saturated carbocycles. The lowest BCUT2D eigenvalue weighted by atomic mass is 9.75. The molecule has 6 aromatic rings. The smallest absolute Gasteiger partial charge is 0.216 e. The van der Waals surface area contributed by atoms with Gasteiger partial charge >= 0.3 is 0 Å². The van der Waals surface area contributed by atoms with Gasteiger partial charge in [-0.2, -0.15) is 0 Å². The van der Waals surface area contributed by atoms with Crippen LogP contribution in [0, 0.1) is 13.8 Å². The van der Waals surface area contributed by atoms with E-state index in [-0.39, 0.29) is 17.6 Å². The second-order valence-corrected chi connectivity index (χ2v) is 13.5. The highest BCUT2D eigenvalue weighted by molar-refractivity contribution is 6.12. The number of benzene rings is 4. The van der Waals surface area contributed by atoms with Crippen LogP contribution in [0.5, 0.6) is 11.5 Å². The average molecular weight is 590 g/mol. The van der Waals surface area contributed by atoms with Crippen LogP contribution in [0.1, 0.15) is 60.9 Å². The van der Waals surface area contributed by atoms with Gasteiger partial charge in [-0.3, -0.25) is 4.57 Å². The SMILES string of the molecule is Cc1cc2c3c(c1)c1cc(C)c(Oc4cc(C5=N[C@@H]6CCC[C@@H]6O5)cc(-c5ccccc5)c4)cc1n3-c1ncccc1C2(C)C. The van der Waals surface area contributed by atoms with E-state index < -0.39 is 0 Å². The molecule has 0 radical (unpaired) electrons. The molecule has 2 atom stereocenters.